The zero-order valence-corrected chi connectivity index (χ0v) is 21.5. The maximum absolute atomic E-state index is 12.3. The average Bonchev–Trinajstić information content (AvgIpc) is 2.77. The molecule has 0 aromatic heterocycles. The molecule has 0 bridgehead atoms. The Bertz CT molecular complexity index is 422. The molecule has 0 aliphatic heterocycles. The molecule has 0 rings (SSSR count). The molecule has 0 fully saturated rings. The van der Waals surface area contributed by atoms with E-state index in [1.807, 2.05) is 0 Å². The van der Waals surface area contributed by atoms with Crippen LogP contribution in [0.15, 0.2) is 0 Å². The van der Waals surface area contributed by atoms with Crippen molar-refractivity contribution < 1.29 is 19.4 Å². The number of carboxylic acids is 1. The van der Waals surface area contributed by atoms with Crippen LogP contribution >= 0.6 is 0 Å². The lowest BCUT2D eigenvalue weighted by atomic mass is 10.0. The molecule has 1 atom stereocenters. The lowest BCUT2D eigenvalue weighted by molar-refractivity contribution is -0.150. The van der Waals surface area contributed by atoms with Crippen molar-refractivity contribution in [3.05, 3.63) is 0 Å². The van der Waals surface area contributed by atoms with Crippen LogP contribution in [0.1, 0.15) is 162 Å². The first kappa shape index (κ1) is 30.9. The standard InChI is InChI=1S/C28H54O4/c1-3-5-7-9-11-12-13-14-15-17-19-25-28(31)32-26(23-20-21-24-27(29)30)22-18-16-10-8-6-4-2/h26H,3-25H2,1-2H3,(H,29,30). The van der Waals surface area contributed by atoms with Crippen molar-refractivity contribution in [3.63, 3.8) is 0 Å². The maximum atomic E-state index is 12.3. The van der Waals surface area contributed by atoms with E-state index < -0.39 is 5.97 Å². The SMILES string of the molecule is CCCCCCCCCCCCCC(=O)OC(CCCCCCCC)CCCCC(=O)O. The maximum Gasteiger partial charge on any atom is 0.306 e. The Labute approximate surface area is 199 Å². The third-order valence-corrected chi connectivity index (χ3v) is 6.33. The Hall–Kier alpha value is -1.06. The fourth-order valence-electron chi connectivity index (χ4n) is 4.24. The van der Waals surface area contributed by atoms with Gasteiger partial charge in [-0.25, -0.2) is 0 Å². The van der Waals surface area contributed by atoms with Crippen molar-refractivity contribution in [2.75, 3.05) is 0 Å². The van der Waals surface area contributed by atoms with Crippen LogP contribution in [0.5, 0.6) is 0 Å². The Morgan fingerprint density at radius 2 is 0.938 bits per heavy atom. The summed E-state index contributed by atoms with van der Waals surface area (Å²) in [6.45, 7) is 4.48. The van der Waals surface area contributed by atoms with Crippen LogP contribution in [0.2, 0.25) is 0 Å². The molecule has 0 amide bonds. The molecular formula is C28H54O4. The minimum atomic E-state index is -0.744. The fourth-order valence-corrected chi connectivity index (χ4v) is 4.24. The molecule has 0 aliphatic rings. The summed E-state index contributed by atoms with van der Waals surface area (Å²) in [5, 5.41) is 8.82. The van der Waals surface area contributed by atoms with Gasteiger partial charge in [-0.15, -0.1) is 0 Å². The molecule has 190 valence electrons. The molecule has 4 heteroatoms. The van der Waals surface area contributed by atoms with Crippen molar-refractivity contribution >= 4 is 11.9 Å². The van der Waals surface area contributed by atoms with Gasteiger partial charge in [-0.1, -0.05) is 110 Å². The molecule has 0 saturated carbocycles. The molecular weight excluding hydrogens is 400 g/mol. The number of carbonyl (C=O) groups is 2. The monoisotopic (exact) mass is 454 g/mol. The van der Waals surface area contributed by atoms with Gasteiger partial charge in [0.2, 0.25) is 0 Å². The average molecular weight is 455 g/mol. The largest absolute Gasteiger partial charge is 0.481 e. The highest BCUT2D eigenvalue weighted by molar-refractivity contribution is 5.69. The molecule has 32 heavy (non-hydrogen) atoms. The molecule has 0 aromatic rings. The molecule has 0 aliphatic carbocycles. The van der Waals surface area contributed by atoms with Crippen molar-refractivity contribution in [1.82, 2.24) is 0 Å². The second kappa shape index (κ2) is 24.6. The third-order valence-electron chi connectivity index (χ3n) is 6.33. The Kier molecular flexibility index (Phi) is 23.8. The Morgan fingerprint density at radius 3 is 1.41 bits per heavy atom. The number of unbranched alkanes of at least 4 members (excludes halogenated alkanes) is 16. The third kappa shape index (κ3) is 23.6. The smallest absolute Gasteiger partial charge is 0.306 e. The van der Waals surface area contributed by atoms with E-state index in [0.717, 1.165) is 38.5 Å². The van der Waals surface area contributed by atoms with Crippen molar-refractivity contribution in [2.24, 2.45) is 0 Å². The summed E-state index contributed by atoms with van der Waals surface area (Å²) in [7, 11) is 0. The summed E-state index contributed by atoms with van der Waals surface area (Å²) in [6, 6.07) is 0. The molecule has 0 spiro atoms. The van der Waals surface area contributed by atoms with E-state index in [0.29, 0.717) is 12.8 Å². The van der Waals surface area contributed by atoms with E-state index in [4.69, 9.17) is 9.84 Å². The Morgan fingerprint density at radius 1 is 0.562 bits per heavy atom. The number of rotatable bonds is 25. The summed E-state index contributed by atoms with van der Waals surface area (Å²) < 4.78 is 5.79. The number of carboxylic acid groups (broad SMARTS) is 1. The van der Waals surface area contributed by atoms with Gasteiger partial charge in [-0.2, -0.15) is 0 Å². The normalized spacial score (nSPS) is 12.1. The van der Waals surface area contributed by atoms with Crippen LogP contribution in [0.3, 0.4) is 0 Å². The van der Waals surface area contributed by atoms with Gasteiger partial charge >= 0.3 is 11.9 Å². The molecule has 0 heterocycles. The van der Waals surface area contributed by atoms with E-state index in [9.17, 15) is 9.59 Å². The predicted octanol–water partition coefficient (Wildman–Crippen LogP) is 8.99. The van der Waals surface area contributed by atoms with Gasteiger partial charge in [0.15, 0.2) is 0 Å². The van der Waals surface area contributed by atoms with Crippen molar-refractivity contribution in [3.8, 4) is 0 Å². The summed E-state index contributed by atoms with van der Waals surface area (Å²) >= 11 is 0. The first-order valence-corrected chi connectivity index (χ1v) is 14.0. The molecule has 4 nitrogen and oxygen atoms in total. The summed E-state index contributed by atoms with van der Waals surface area (Å²) in [5.41, 5.74) is 0. The second-order valence-corrected chi connectivity index (χ2v) is 9.59. The highest BCUT2D eigenvalue weighted by atomic mass is 16.5. The number of hydrogen-bond acceptors (Lipinski definition) is 3. The number of ether oxygens (including phenoxy) is 1. The zero-order valence-electron chi connectivity index (χ0n) is 21.5. The highest BCUT2D eigenvalue weighted by Crippen LogP contribution is 2.18. The first-order valence-electron chi connectivity index (χ1n) is 14.0. The first-order chi connectivity index (χ1) is 15.6. The number of aliphatic carboxylic acids is 1. The van der Waals surface area contributed by atoms with Crippen molar-refractivity contribution in [2.45, 2.75) is 168 Å². The van der Waals surface area contributed by atoms with Gasteiger partial charge in [0.05, 0.1) is 0 Å². The lowest BCUT2D eigenvalue weighted by Crippen LogP contribution is -2.18. The van der Waals surface area contributed by atoms with Crippen LogP contribution < -0.4 is 0 Å². The van der Waals surface area contributed by atoms with Crippen LogP contribution in [0.25, 0.3) is 0 Å². The molecule has 0 radical (unpaired) electrons. The van der Waals surface area contributed by atoms with Gasteiger partial charge in [-0.05, 0) is 38.5 Å². The van der Waals surface area contributed by atoms with Gasteiger partial charge in [0, 0.05) is 12.8 Å². The fraction of sp³-hybridized carbons (Fsp3) is 0.929. The topological polar surface area (TPSA) is 63.6 Å². The van der Waals surface area contributed by atoms with E-state index in [1.54, 1.807) is 0 Å². The number of carbonyl (C=O) groups excluding carboxylic acids is 1. The molecule has 1 N–H and O–H groups in total. The van der Waals surface area contributed by atoms with E-state index in [-0.39, 0.29) is 18.5 Å². The van der Waals surface area contributed by atoms with Gasteiger partial charge in [0.1, 0.15) is 6.10 Å². The summed E-state index contributed by atoms with van der Waals surface area (Å²) in [6.07, 6.45) is 25.4. The Balaban J connectivity index is 3.88. The quantitative estimate of drug-likeness (QED) is 0.110. The van der Waals surface area contributed by atoms with Crippen LogP contribution in [0.4, 0.5) is 0 Å². The van der Waals surface area contributed by atoms with Gasteiger partial charge in [0.25, 0.3) is 0 Å². The minimum Gasteiger partial charge on any atom is -0.481 e. The second-order valence-electron chi connectivity index (χ2n) is 9.59. The van der Waals surface area contributed by atoms with Gasteiger partial charge in [-0.3, -0.25) is 9.59 Å². The predicted molar refractivity (Wildman–Crippen MR) is 135 cm³/mol. The number of esters is 1. The van der Waals surface area contributed by atoms with Crippen LogP contribution in [0, 0.1) is 0 Å². The zero-order chi connectivity index (χ0) is 23.7. The molecule has 0 saturated heterocycles. The minimum absolute atomic E-state index is 0.0322. The van der Waals surface area contributed by atoms with Crippen molar-refractivity contribution in [1.29, 1.82) is 0 Å². The van der Waals surface area contributed by atoms with E-state index >= 15 is 0 Å². The molecule has 0 aromatic carbocycles. The van der Waals surface area contributed by atoms with E-state index in [2.05, 4.69) is 13.8 Å². The van der Waals surface area contributed by atoms with Gasteiger partial charge < -0.3 is 9.84 Å². The number of hydrogen-bond donors (Lipinski definition) is 1. The van der Waals surface area contributed by atoms with Crippen LogP contribution in [-0.2, 0) is 14.3 Å². The highest BCUT2D eigenvalue weighted by Gasteiger charge is 2.14. The molecule has 1 unspecified atom stereocenters. The lowest BCUT2D eigenvalue weighted by Gasteiger charge is -2.18. The summed E-state index contributed by atoms with van der Waals surface area (Å²) in [5.74, 6) is -0.805. The van der Waals surface area contributed by atoms with E-state index in [1.165, 1.54) is 89.9 Å². The van der Waals surface area contributed by atoms with Crippen LogP contribution in [-0.4, -0.2) is 23.1 Å². The summed E-state index contributed by atoms with van der Waals surface area (Å²) in [4.78, 5) is 23.0.